The van der Waals surface area contributed by atoms with E-state index in [1.54, 1.807) is 13.0 Å². The molecule has 86 valence electrons. The predicted molar refractivity (Wildman–Crippen MR) is 65.9 cm³/mol. The van der Waals surface area contributed by atoms with Crippen LogP contribution in [0.25, 0.3) is 0 Å². The number of rotatable bonds is 2. The van der Waals surface area contributed by atoms with E-state index in [9.17, 15) is 5.11 Å². The van der Waals surface area contributed by atoms with Crippen LogP contribution in [0.3, 0.4) is 0 Å². The van der Waals surface area contributed by atoms with Crippen molar-refractivity contribution < 1.29 is 5.11 Å². The highest BCUT2D eigenvalue weighted by molar-refractivity contribution is 6.31. The predicted octanol–water partition coefficient (Wildman–Crippen LogP) is 1.94. The number of nitrogens with one attached hydrogen (secondary N) is 1. The van der Waals surface area contributed by atoms with Crippen LogP contribution < -0.4 is 5.32 Å². The summed E-state index contributed by atoms with van der Waals surface area (Å²) in [4.78, 5) is 4.32. The van der Waals surface area contributed by atoms with Crippen LogP contribution in [0.1, 0.15) is 18.9 Å². The Balaban J connectivity index is 2.38. The van der Waals surface area contributed by atoms with E-state index in [0.29, 0.717) is 16.4 Å². The van der Waals surface area contributed by atoms with Crippen molar-refractivity contribution in [3.05, 3.63) is 34.9 Å². The molecule has 1 aromatic rings. The highest BCUT2D eigenvalue weighted by Crippen LogP contribution is 2.28. The third kappa shape index (κ3) is 2.06. The lowest BCUT2D eigenvalue weighted by Crippen LogP contribution is -2.45. The minimum atomic E-state index is -1.14. The smallest absolute Gasteiger partial charge is 0.145 e. The normalized spacial score (nSPS) is 19.6. The maximum atomic E-state index is 10.5. The molecule has 2 N–H and O–H groups in total. The van der Waals surface area contributed by atoms with Gasteiger partial charge in [-0.05, 0) is 19.4 Å². The summed E-state index contributed by atoms with van der Waals surface area (Å²) in [6.45, 7) is 3.31. The molecular weight excluding hydrogens is 224 g/mol. The minimum Gasteiger partial charge on any atom is -0.377 e. The van der Waals surface area contributed by atoms with Crippen LogP contribution in [0.2, 0.25) is 5.02 Å². The number of halogens is 1. The molecule has 16 heavy (non-hydrogen) atoms. The van der Waals surface area contributed by atoms with E-state index in [4.69, 9.17) is 11.6 Å². The van der Waals surface area contributed by atoms with Crippen LogP contribution in [0.4, 0.5) is 0 Å². The fourth-order valence-corrected chi connectivity index (χ4v) is 2.16. The quantitative estimate of drug-likeness (QED) is 0.827. The average molecular weight is 239 g/mol. The van der Waals surface area contributed by atoms with Crippen LogP contribution in [0.15, 0.2) is 29.3 Å². The molecule has 2 rings (SSSR count). The maximum absolute atomic E-state index is 10.5. The van der Waals surface area contributed by atoms with Gasteiger partial charge in [0.25, 0.3) is 0 Å². The summed E-state index contributed by atoms with van der Waals surface area (Å²) >= 11 is 6.09. The Morgan fingerprint density at radius 2 is 2.19 bits per heavy atom. The maximum Gasteiger partial charge on any atom is 0.145 e. The van der Waals surface area contributed by atoms with Crippen LogP contribution in [0.5, 0.6) is 0 Å². The van der Waals surface area contributed by atoms with E-state index in [1.165, 1.54) is 0 Å². The largest absolute Gasteiger partial charge is 0.377 e. The lowest BCUT2D eigenvalue weighted by Gasteiger charge is -2.29. The van der Waals surface area contributed by atoms with E-state index in [0.717, 1.165) is 19.5 Å². The van der Waals surface area contributed by atoms with E-state index < -0.39 is 5.60 Å². The molecule has 0 saturated heterocycles. The van der Waals surface area contributed by atoms with Gasteiger partial charge in [-0.25, -0.2) is 0 Å². The van der Waals surface area contributed by atoms with E-state index in [2.05, 4.69) is 10.3 Å². The molecule has 4 heteroatoms. The number of aliphatic imine (C=N–C) groups is 1. The molecular formula is C12H15ClN2O. The second-order valence-corrected chi connectivity index (χ2v) is 4.47. The van der Waals surface area contributed by atoms with Crippen molar-refractivity contribution in [2.45, 2.75) is 18.9 Å². The number of nitrogens with zero attached hydrogens (tertiary/aromatic N) is 1. The summed E-state index contributed by atoms with van der Waals surface area (Å²) in [5.41, 5.74) is -0.455. The molecule has 0 amide bonds. The lowest BCUT2D eigenvalue weighted by atomic mass is 9.94. The van der Waals surface area contributed by atoms with Crippen molar-refractivity contribution in [2.24, 2.45) is 4.99 Å². The first-order valence-corrected chi connectivity index (χ1v) is 5.76. The summed E-state index contributed by atoms with van der Waals surface area (Å²) in [5.74, 6) is 0.604. The molecule has 1 aromatic carbocycles. The summed E-state index contributed by atoms with van der Waals surface area (Å²) in [6, 6.07) is 7.30. The number of amidine groups is 1. The second-order valence-electron chi connectivity index (χ2n) is 4.06. The molecule has 3 nitrogen and oxygen atoms in total. The second kappa shape index (κ2) is 4.44. The summed E-state index contributed by atoms with van der Waals surface area (Å²) in [7, 11) is 0. The van der Waals surface area contributed by atoms with Crippen molar-refractivity contribution in [3.8, 4) is 0 Å². The number of aliphatic hydroxyl groups is 1. The van der Waals surface area contributed by atoms with Gasteiger partial charge in [-0.15, -0.1) is 0 Å². The van der Waals surface area contributed by atoms with Gasteiger partial charge >= 0.3 is 0 Å². The van der Waals surface area contributed by atoms with Crippen molar-refractivity contribution in [1.29, 1.82) is 0 Å². The molecule has 0 radical (unpaired) electrons. The summed E-state index contributed by atoms with van der Waals surface area (Å²) in [5, 5.41) is 14.2. The SMILES string of the molecule is CC(O)(C1=NCCCN1)c1ccccc1Cl. The highest BCUT2D eigenvalue weighted by Gasteiger charge is 2.32. The van der Waals surface area contributed by atoms with E-state index >= 15 is 0 Å². The van der Waals surface area contributed by atoms with Gasteiger partial charge in [-0.1, -0.05) is 29.8 Å². The molecule has 0 aliphatic carbocycles. The molecule has 1 heterocycles. The minimum absolute atomic E-state index is 0.558. The first-order valence-electron chi connectivity index (χ1n) is 5.38. The van der Waals surface area contributed by atoms with Gasteiger partial charge in [0.15, 0.2) is 0 Å². The van der Waals surface area contributed by atoms with E-state index in [-0.39, 0.29) is 0 Å². The first kappa shape index (κ1) is 11.4. The molecule has 0 fully saturated rings. The molecule has 1 aliphatic rings. The van der Waals surface area contributed by atoms with Gasteiger partial charge in [-0.3, -0.25) is 4.99 Å². The zero-order valence-electron chi connectivity index (χ0n) is 9.20. The fraction of sp³-hybridized carbons (Fsp3) is 0.417. The Kier molecular flexibility index (Phi) is 3.17. The molecule has 0 bridgehead atoms. The number of hydrogen-bond acceptors (Lipinski definition) is 3. The Morgan fingerprint density at radius 1 is 1.44 bits per heavy atom. The topological polar surface area (TPSA) is 44.6 Å². The Hall–Kier alpha value is -1.06. The van der Waals surface area contributed by atoms with Crippen LogP contribution in [0, 0.1) is 0 Å². The summed E-state index contributed by atoms with van der Waals surface area (Å²) in [6.07, 6.45) is 1.00. The summed E-state index contributed by atoms with van der Waals surface area (Å²) < 4.78 is 0. The van der Waals surface area contributed by atoms with Gasteiger partial charge in [0.05, 0.1) is 0 Å². The van der Waals surface area contributed by atoms with Crippen LogP contribution >= 0.6 is 11.6 Å². The van der Waals surface area contributed by atoms with E-state index in [1.807, 2.05) is 18.2 Å². The van der Waals surface area contributed by atoms with Crippen LogP contribution in [-0.2, 0) is 5.60 Å². The molecule has 1 unspecified atom stereocenters. The Morgan fingerprint density at radius 3 is 2.81 bits per heavy atom. The molecule has 1 aliphatic heterocycles. The number of benzene rings is 1. The molecule has 0 aromatic heterocycles. The molecule has 1 atom stereocenters. The van der Waals surface area contributed by atoms with Gasteiger partial charge in [0, 0.05) is 23.7 Å². The van der Waals surface area contributed by atoms with Crippen molar-refractivity contribution >= 4 is 17.4 Å². The van der Waals surface area contributed by atoms with Crippen LogP contribution in [-0.4, -0.2) is 24.0 Å². The van der Waals surface area contributed by atoms with Gasteiger partial charge in [0.1, 0.15) is 11.4 Å². The number of hydrogen-bond donors (Lipinski definition) is 2. The van der Waals surface area contributed by atoms with Crippen molar-refractivity contribution in [3.63, 3.8) is 0 Å². The third-order valence-electron chi connectivity index (χ3n) is 2.76. The average Bonchev–Trinajstić information content (AvgIpc) is 2.30. The zero-order valence-corrected chi connectivity index (χ0v) is 9.96. The zero-order chi connectivity index (χ0) is 11.6. The monoisotopic (exact) mass is 238 g/mol. The first-order chi connectivity index (χ1) is 7.62. The molecule has 0 spiro atoms. The van der Waals surface area contributed by atoms with Crippen molar-refractivity contribution in [1.82, 2.24) is 5.32 Å². The molecule has 0 saturated carbocycles. The standard InChI is InChI=1S/C12H15ClN2O/c1-12(16,11-14-7-4-8-15-11)9-5-2-3-6-10(9)13/h2-3,5-6,16H,4,7-8H2,1H3,(H,14,15). The Labute approximate surface area is 100 Å². The Bertz CT molecular complexity index is 415. The van der Waals surface area contributed by atoms with Gasteiger partial charge in [-0.2, -0.15) is 0 Å². The fourth-order valence-electron chi connectivity index (χ4n) is 1.84. The van der Waals surface area contributed by atoms with Crippen molar-refractivity contribution in [2.75, 3.05) is 13.1 Å². The van der Waals surface area contributed by atoms with Gasteiger partial charge in [0.2, 0.25) is 0 Å². The van der Waals surface area contributed by atoms with Gasteiger partial charge < -0.3 is 10.4 Å². The third-order valence-corrected chi connectivity index (χ3v) is 3.09. The lowest BCUT2D eigenvalue weighted by molar-refractivity contribution is 0.127. The highest BCUT2D eigenvalue weighted by atomic mass is 35.5.